The fourth-order valence-corrected chi connectivity index (χ4v) is 4.00. The van der Waals surface area contributed by atoms with Crippen LogP contribution in [0.1, 0.15) is 43.0 Å². The van der Waals surface area contributed by atoms with Gasteiger partial charge in [0.2, 0.25) is 5.91 Å². The van der Waals surface area contributed by atoms with Crippen molar-refractivity contribution in [1.29, 1.82) is 0 Å². The maximum absolute atomic E-state index is 12.6. The minimum Gasteiger partial charge on any atom is -0.363 e. The van der Waals surface area contributed by atoms with Crippen LogP contribution < -0.4 is 0 Å². The summed E-state index contributed by atoms with van der Waals surface area (Å²) < 4.78 is 6.05. The lowest BCUT2D eigenvalue weighted by molar-refractivity contribution is -0.185. The van der Waals surface area contributed by atoms with Gasteiger partial charge in [0, 0.05) is 19.6 Å². The number of nitrogens with zero attached hydrogens (tertiary/aromatic N) is 4. The summed E-state index contributed by atoms with van der Waals surface area (Å²) in [5.74, 6) is 0.757. The lowest BCUT2D eigenvalue weighted by atomic mass is 9.82. The molecule has 0 N–H and O–H groups in total. The summed E-state index contributed by atoms with van der Waals surface area (Å²) in [6, 6.07) is 1.75. The zero-order valence-corrected chi connectivity index (χ0v) is 14.6. The molecule has 2 aliphatic heterocycles. The number of ether oxygens (including phenoxy) is 1. The Hall–Kier alpha value is -2.02. The van der Waals surface area contributed by atoms with Gasteiger partial charge in [-0.15, -0.1) is 0 Å². The lowest BCUT2D eigenvalue weighted by Crippen LogP contribution is -2.64. The molecule has 2 amide bonds. The predicted octanol–water partition coefficient (Wildman–Crippen LogP) is 1.11. The third kappa shape index (κ3) is 3.13. The van der Waals surface area contributed by atoms with Crippen LogP contribution in [0.15, 0.2) is 18.5 Å². The third-order valence-electron chi connectivity index (χ3n) is 5.91. The van der Waals surface area contributed by atoms with Crippen molar-refractivity contribution in [2.24, 2.45) is 5.92 Å². The molecule has 25 heavy (non-hydrogen) atoms. The number of hydrogen-bond acceptors (Lipinski definition) is 5. The first kappa shape index (κ1) is 16.4. The molecule has 1 aromatic rings. The highest BCUT2D eigenvalue weighted by atomic mass is 16.5. The molecule has 4 rings (SSSR count). The van der Waals surface area contributed by atoms with E-state index in [2.05, 4.69) is 17.1 Å². The van der Waals surface area contributed by atoms with Gasteiger partial charge in [-0.3, -0.25) is 9.59 Å². The fourth-order valence-electron chi connectivity index (χ4n) is 4.00. The summed E-state index contributed by atoms with van der Waals surface area (Å²) in [6.07, 6.45) is 7.01. The molecule has 3 heterocycles. The van der Waals surface area contributed by atoms with Gasteiger partial charge < -0.3 is 14.5 Å². The second kappa shape index (κ2) is 6.37. The van der Waals surface area contributed by atoms with Crippen molar-refractivity contribution in [2.75, 3.05) is 26.2 Å². The van der Waals surface area contributed by atoms with Gasteiger partial charge in [0.1, 0.15) is 6.61 Å². The van der Waals surface area contributed by atoms with Crippen molar-refractivity contribution < 1.29 is 14.3 Å². The van der Waals surface area contributed by atoms with Crippen molar-refractivity contribution in [1.82, 2.24) is 20.0 Å². The second-order valence-electron chi connectivity index (χ2n) is 7.44. The Morgan fingerprint density at radius 1 is 1.32 bits per heavy atom. The number of carbonyl (C=O) groups excluding carboxylic acids is 2. The smallest absolute Gasteiger partial charge is 0.255 e. The Balaban J connectivity index is 1.43. The molecule has 7 heteroatoms. The van der Waals surface area contributed by atoms with Gasteiger partial charge in [-0.2, -0.15) is 10.2 Å². The molecule has 0 aromatic carbocycles. The highest BCUT2D eigenvalue weighted by Crippen LogP contribution is 2.38. The topological polar surface area (TPSA) is 75.6 Å². The van der Waals surface area contributed by atoms with Crippen LogP contribution >= 0.6 is 0 Å². The molecule has 1 aliphatic carbocycles. The lowest BCUT2D eigenvalue weighted by Gasteiger charge is -2.51. The minimum atomic E-state index is -0.323. The van der Waals surface area contributed by atoms with E-state index >= 15 is 0 Å². The molecule has 1 aromatic heterocycles. The van der Waals surface area contributed by atoms with E-state index in [-0.39, 0.29) is 30.1 Å². The van der Waals surface area contributed by atoms with Gasteiger partial charge in [-0.25, -0.2) is 0 Å². The molecule has 2 saturated heterocycles. The summed E-state index contributed by atoms with van der Waals surface area (Å²) in [5, 5.41) is 7.50. The number of hydrogen-bond donors (Lipinski definition) is 0. The quantitative estimate of drug-likeness (QED) is 0.821. The summed E-state index contributed by atoms with van der Waals surface area (Å²) in [5.41, 5.74) is 0.241. The Kier molecular flexibility index (Phi) is 4.19. The van der Waals surface area contributed by atoms with E-state index < -0.39 is 0 Å². The van der Waals surface area contributed by atoms with Gasteiger partial charge in [-0.05, 0) is 44.6 Å². The molecule has 0 unspecified atom stereocenters. The van der Waals surface area contributed by atoms with Crippen molar-refractivity contribution in [3.8, 4) is 0 Å². The van der Waals surface area contributed by atoms with E-state index in [1.165, 1.54) is 25.2 Å². The van der Waals surface area contributed by atoms with Crippen LogP contribution in [0.3, 0.4) is 0 Å². The summed E-state index contributed by atoms with van der Waals surface area (Å²) in [4.78, 5) is 28.7. The molecule has 7 nitrogen and oxygen atoms in total. The molecule has 0 radical (unpaired) electrons. The Labute approximate surface area is 147 Å². The third-order valence-corrected chi connectivity index (χ3v) is 5.91. The number of piperidine rings is 1. The zero-order chi connectivity index (χ0) is 17.4. The molecule has 0 bridgehead atoms. The predicted molar refractivity (Wildman–Crippen MR) is 89.8 cm³/mol. The van der Waals surface area contributed by atoms with Gasteiger partial charge in [0.15, 0.2) is 0 Å². The number of morpholine rings is 1. The average Bonchev–Trinajstić information content (AvgIpc) is 3.47. The number of amides is 2. The monoisotopic (exact) mass is 344 g/mol. The molecule has 1 spiro atoms. The summed E-state index contributed by atoms with van der Waals surface area (Å²) in [7, 11) is 0. The zero-order valence-electron chi connectivity index (χ0n) is 14.6. The molecular formula is C18H24N4O3. The van der Waals surface area contributed by atoms with Gasteiger partial charge in [0.05, 0.1) is 29.6 Å². The normalized spacial score (nSPS) is 26.1. The van der Waals surface area contributed by atoms with Crippen molar-refractivity contribution >= 4 is 11.8 Å². The fraction of sp³-hybridized carbons (Fsp3) is 0.667. The first-order chi connectivity index (χ1) is 12.1. The van der Waals surface area contributed by atoms with E-state index in [9.17, 15) is 9.59 Å². The molecule has 134 valence electrons. The van der Waals surface area contributed by atoms with Crippen LogP contribution in [0.5, 0.6) is 0 Å². The van der Waals surface area contributed by atoms with E-state index in [1.807, 2.05) is 9.80 Å². The standard InChI is InChI=1S/C18H24N4O3/c1-13-18(25-12-16(23)22(13)11-14-2-3-14)5-8-21(9-6-18)17(24)15-4-7-19-20-10-15/h4,7,10,13-14H,2-3,5-6,8-9,11-12H2,1H3/t13-/m0/s1. The Bertz CT molecular complexity index is 654. The van der Waals surface area contributed by atoms with E-state index in [0.717, 1.165) is 19.4 Å². The maximum atomic E-state index is 12.6. The summed E-state index contributed by atoms with van der Waals surface area (Å²) >= 11 is 0. The van der Waals surface area contributed by atoms with Crippen LogP contribution in [-0.4, -0.2) is 69.7 Å². The summed E-state index contributed by atoms with van der Waals surface area (Å²) in [6.45, 7) is 4.40. The molecule has 1 atom stereocenters. The van der Waals surface area contributed by atoms with Gasteiger partial charge in [0.25, 0.3) is 5.91 Å². The molecule has 1 saturated carbocycles. The van der Waals surface area contributed by atoms with Crippen molar-refractivity contribution in [3.63, 3.8) is 0 Å². The number of likely N-dealkylation sites (tertiary alicyclic amines) is 1. The molecule has 3 fully saturated rings. The van der Waals surface area contributed by atoms with E-state index in [4.69, 9.17) is 4.74 Å². The van der Waals surface area contributed by atoms with Gasteiger partial charge >= 0.3 is 0 Å². The Morgan fingerprint density at radius 3 is 2.72 bits per heavy atom. The first-order valence-corrected chi connectivity index (χ1v) is 9.08. The maximum Gasteiger partial charge on any atom is 0.255 e. The van der Waals surface area contributed by atoms with Crippen LogP contribution in [0.2, 0.25) is 0 Å². The number of aromatic nitrogens is 2. The number of rotatable bonds is 3. The molecular weight excluding hydrogens is 320 g/mol. The first-order valence-electron chi connectivity index (χ1n) is 9.08. The van der Waals surface area contributed by atoms with Crippen LogP contribution in [0.25, 0.3) is 0 Å². The van der Waals surface area contributed by atoms with Gasteiger partial charge in [-0.1, -0.05) is 0 Å². The minimum absolute atomic E-state index is 0.0147. The van der Waals surface area contributed by atoms with Crippen LogP contribution in [-0.2, 0) is 9.53 Å². The number of carbonyl (C=O) groups is 2. The Morgan fingerprint density at radius 2 is 2.08 bits per heavy atom. The van der Waals surface area contributed by atoms with E-state index in [1.54, 1.807) is 6.07 Å². The SMILES string of the molecule is C[C@@H]1N(CC2CC2)C(=O)COC12CCN(C(=O)c1ccnnc1)CC2. The van der Waals surface area contributed by atoms with Crippen LogP contribution in [0, 0.1) is 5.92 Å². The second-order valence-corrected chi connectivity index (χ2v) is 7.44. The average molecular weight is 344 g/mol. The van der Waals surface area contributed by atoms with Crippen molar-refractivity contribution in [3.05, 3.63) is 24.0 Å². The van der Waals surface area contributed by atoms with Crippen molar-refractivity contribution in [2.45, 2.75) is 44.2 Å². The highest BCUT2D eigenvalue weighted by molar-refractivity contribution is 5.93. The largest absolute Gasteiger partial charge is 0.363 e. The van der Waals surface area contributed by atoms with Crippen LogP contribution in [0.4, 0.5) is 0 Å². The molecule has 3 aliphatic rings. The van der Waals surface area contributed by atoms with E-state index in [0.29, 0.717) is 24.6 Å². The highest BCUT2D eigenvalue weighted by Gasteiger charge is 2.49.